The zero-order chi connectivity index (χ0) is 15.1. The fourth-order valence-electron chi connectivity index (χ4n) is 1.77. The molecule has 5 nitrogen and oxygen atoms in total. The van der Waals surface area contributed by atoms with Crippen molar-refractivity contribution in [3.05, 3.63) is 27.7 Å². The van der Waals surface area contributed by atoms with Crippen LogP contribution in [0.4, 0.5) is 0 Å². The summed E-state index contributed by atoms with van der Waals surface area (Å²) >= 11 is 3.11. The summed E-state index contributed by atoms with van der Waals surface area (Å²) in [4.78, 5) is 22.2. The second-order valence-electron chi connectivity index (χ2n) is 4.32. The maximum atomic E-state index is 11.2. The molecule has 0 bridgehead atoms. The number of hydrogen-bond donors (Lipinski definition) is 2. The van der Waals surface area contributed by atoms with Gasteiger partial charge in [0, 0.05) is 0 Å². The lowest BCUT2D eigenvalue weighted by Gasteiger charge is -2.11. The third-order valence-electron chi connectivity index (χ3n) is 2.81. The summed E-state index contributed by atoms with van der Waals surface area (Å²) in [7, 11) is 0. The Balaban J connectivity index is 2.86. The van der Waals surface area contributed by atoms with Crippen LogP contribution in [0.25, 0.3) is 0 Å². The summed E-state index contributed by atoms with van der Waals surface area (Å²) in [5.41, 5.74) is -0.550. The minimum atomic E-state index is -1.30. The van der Waals surface area contributed by atoms with Gasteiger partial charge in [0.1, 0.15) is 5.75 Å². The molecular weight excluding hydrogens is 328 g/mol. The van der Waals surface area contributed by atoms with Crippen molar-refractivity contribution in [2.75, 3.05) is 6.61 Å². The van der Waals surface area contributed by atoms with E-state index in [9.17, 15) is 9.59 Å². The maximum Gasteiger partial charge on any atom is 0.337 e. The van der Waals surface area contributed by atoms with Gasteiger partial charge in [0.2, 0.25) is 0 Å². The quantitative estimate of drug-likeness (QED) is 0.700. The Morgan fingerprint density at radius 1 is 1.15 bits per heavy atom. The van der Waals surface area contributed by atoms with Crippen LogP contribution < -0.4 is 4.74 Å². The Hall–Kier alpha value is -1.56. The summed E-state index contributed by atoms with van der Waals surface area (Å²) in [6.45, 7) is 2.59. The molecule has 110 valence electrons. The third kappa shape index (κ3) is 4.23. The minimum Gasteiger partial charge on any atom is -0.492 e. The molecule has 0 heterocycles. The van der Waals surface area contributed by atoms with Crippen molar-refractivity contribution in [1.82, 2.24) is 0 Å². The Morgan fingerprint density at radius 3 is 2.40 bits per heavy atom. The summed E-state index contributed by atoms with van der Waals surface area (Å²) in [6, 6.07) is 2.72. The van der Waals surface area contributed by atoms with Crippen LogP contribution in [0.3, 0.4) is 0 Å². The van der Waals surface area contributed by atoms with E-state index < -0.39 is 11.9 Å². The normalized spacial score (nSPS) is 10.3. The van der Waals surface area contributed by atoms with E-state index in [1.807, 2.05) is 0 Å². The van der Waals surface area contributed by atoms with E-state index in [1.165, 1.54) is 12.1 Å². The first-order chi connectivity index (χ1) is 9.49. The number of halogens is 1. The molecular formula is C14H17BrO5. The largest absolute Gasteiger partial charge is 0.492 e. The number of ether oxygens (including phenoxy) is 1. The van der Waals surface area contributed by atoms with Gasteiger partial charge in [-0.25, -0.2) is 9.59 Å². The molecule has 0 fully saturated rings. The number of carbonyl (C=O) groups is 2. The predicted octanol–water partition coefficient (Wildman–Crippen LogP) is 3.80. The van der Waals surface area contributed by atoms with Crippen molar-refractivity contribution in [1.29, 1.82) is 0 Å². The van der Waals surface area contributed by atoms with Gasteiger partial charge in [-0.3, -0.25) is 0 Å². The second kappa shape index (κ2) is 7.89. The van der Waals surface area contributed by atoms with Gasteiger partial charge in [0.15, 0.2) is 0 Å². The van der Waals surface area contributed by atoms with Gasteiger partial charge in [0.25, 0.3) is 0 Å². The zero-order valence-corrected chi connectivity index (χ0v) is 12.8. The maximum absolute atomic E-state index is 11.2. The van der Waals surface area contributed by atoms with Crippen LogP contribution in [0.15, 0.2) is 16.6 Å². The number of carboxylic acids is 2. The fourth-order valence-corrected chi connectivity index (χ4v) is 2.40. The number of rotatable bonds is 8. The van der Waals surface area contributed by atoms with Crippen LogP contribution in [0.1, 0.15) is 53.3 Å². The van der Waals surface area contributed by atoms with Crippen LogP contribution in [-0.2, 0) is 0 Å². The van der Waals surface area contributed by atoms with Crippen molar-refractivity contribution < 1.29 is 24.5 Å². The molecule has 0 aliphatic carbocycles. The van der Waals surface area contributed by atoms with Gasteiger partial charge in [-0.2, -0.15) is 0 Å². The molecule has 0 aliphatic rings. The molecule has 0 aliphatic heterocycles. The summed E-state index contributed by atoms with van der Waals surface area (Å²) in [5, 5.41) is 18.1. The minimum absolute atomic E-state index is 0.167. The van der Waals surface area contributed by atoms with Crippen molar-refractivity contribution in [2.24, 2.45) is 0 Å². The van der Waals surface area contributed by atoms with Crippen LogP contribution in [-0.4, -0.2) is 28.8 Å². The SMILES string of the molecule is CCCCCCOc1ccc(C(=O)O)c(C(=O)O)c1Br. The summed E-state index contributed by atoms with van der Waals surface area (Å²) in [6.07, 6.45) is 4.18. The van der Waals surface area contributed by atoms with E-state index in [0.717, 1.165) is 25.7 Å². The second-order valence-corrected chi connectivity index (χ2v) is 5.11. The van der Waals surface area contributed by atoms with Gasteiger partial charge in [-0.05, 0) is 34.5 Å². The number of unbranched alkanes of at least 4 members (excludes halogenated alkanes) is 3. The molecule has 0 saturated heterocycles. The summed E-state index contributed by atoms with van der Waals surface area (Å²) in [5.74, 6) is -2.23. The molecule has 6 heteroatoms. The highest BCUT2D eigenvalue weighted by Crippen LogP contribution is 2.31. The first kappa shape index (κ1) is 16.5. The van der Waals surface area contributed by atoms with E-state index in [2.05, 4.69) is 22.9 Å². The Kier molecular flexibility index (Phi) is 6.51. The zero-order valence-electron chi connectivity index (χ0n) is 11.2. The van der Waals surface area contributed by atoms with Crippen LogP contribution in [0, 0.1) is 0 Å². The number of benzene rings is 1. The topological polar surface area (TPSA) is 83.8 Å². The van der Waals surface area contributed by atoms with Crippen LogP contribution >= 0.6 is 15.9 Å². The Labute approximate surface area is 125 Å². The molecule has 20 heavy (non-hydrogen) atoms. The first-order valence-electron chi connectivity index (χ1n) is 6.41. The van der Waals surface area contributed by atoms with Crippen molar-refractivity contribution in [2.45, 2.75) is 32.6 Å². The Morgan fingerprint density at radius 2 is 1.85 bits per heavy atom. The lowest BCUT2D eigenvalue weighted by Crippen LogP contribution is -2.10. The van der Waals surface area contributed by atoms with E-state index in [0.29, 0.717) is 12.4 Å². The number of carboxylic acid groups (broad SMARTS) is 2. The lowest BCUT2D eigenvalue weighted by molar-refractivity contribution is 0.0650. The highest BCUT2D eigenvalue weighted by Gasteiger charge is 2.22. The monoisotopic (exact) mass is 344 g/mol. The molecule has 1 aromatic rings. The molecule has 0 aromatic heterocycles. The lowest BCUT2D eigenvalue weighted by atomic mass is 10.1. The smallest absolute Gasteiger partial charge is 0.337 e. The van der Waals surface area contributed by atoms with Crippen LogP contribution in [0.5, 0.6) is 5.75 Å². The molecule has 0 spiro atoms. The first-order valence-corrected chi connectivity index (χ1v) is 7.20. The van der Waals surface area contributed by atoms with Gasteiger partial charge in [0.05, 0.1) is 22.2 Å². The van der Waals surface area contributed by atoms with Crippen molar-refractivity contribution >= 4 is 27.9 Å². The van der Waals surface area contributed by atoms with E-state index in [4.69, 9.17) is 14.9 Å². The predicted molar refractivity (Wildman–Crippen MR) is 77.7 cm³/mol. The fraction of sp³-hybridized carbons (Fsp3) is 0.429. The average Bonchev–Trinajstić information content (AvgIpc) is 2.39. The highest BCUT2D eigenvalue weighted by molar-refractivity contribution is 9.10. The molecule has 2 N–H and O–H groups in total. The molecule has 0 amide bonds. The van der Waals surface area contributed by atoms with Gasteiger partial charge >= 0.3 is 11.9 Å². The van der Waals surface area contributed by atoms with E-state index >= 15 is 0 Å². The molecule has 1 rings (SSSR count). The third-order valence-corrected chi connectivity index (χ3v) is 3.59. The average molecular weight is 345 g/mol. The summed E-state index contributed by atoms with van der Waals surface area (Å²) < 4.78 is 5.67. The van der Waals surface area contributed by atoms with Crippen molar-refractivity contribution in [3.8, 4) is 5.75 Å². The molecule has 0 radical (unpaired) electrons. The molecule has 0 atom stereocenters. The van der Waals surface area contributed by atoms with Crippen molar-refractivity contribution in [3.63, 3.8) is 0 Å². The molecule has 0 unspecified atom stereocenters. The van der Waals surface area contributed by atoms with Gasteiger partial charge in [-0.15, -0.1) is 0 Å². The Bertz CT molecular complexity index is 499. The van der Waals surface area contributed by atoms with Gasteiger partial charge < -0.3 is 14.9 Å². The number of hydrogen-bond acceptors (Lipinski definition) is 3. The molecule has 1 aromatic carbocycles. The standard InChI is InChI=1S/C14H17BrO5/c1-2-3-4-5-8-20-10-7-6-9(13(16)17)11(12(10)15)14(18)19/h6-7H,2-5,8H2,1H3,(H,16,17)(H,18,19). The molecule has 0 saturated carbocycles. The highest BCUT2D eigenvalue weighted by atomic mass is 79.9. The van der Waals surface area contributed by atoms with Crippen LogP contribution in [0.2, 0.25) is 0 Å². The van der Waals surface area contributed by atoms with Gasteiger partial charge in [-0.1, -0.05) is 26.2 Å². The van der Waals surface area contributed by atoms with E-state index in [-0.39, 0.29) is 15.6 Å². The number of aromatic carboxylic acids is 2. The van der Waals surface area contributed by atoms with E-state index in [1.54, 1.807) is 0 Å².